The summed E-state index contributed by atoms with van der Waals surface area (Å²) in [6.45, 7) is 2.43. The minimum atomic E-state index is -0.249. The van der Waals surface area contributed by atoms with E-state index in [9.17, 15) is 4.79 Å². The molecule has 0 atom stereocenters. The van der Waals surface area contributed by atoms with Crippen LogP contribution in [0.4, 0.5) is 5.95 Å². The Morgan fingerprint density at radius 1 is 1.07 bits per heavy atom. The summed E-state index contributed by atoms with van der Waals surface area (Å²) < 4.78 is 4.67. The summed E-state index contributed by atoms with van der Waals surface area (Å²) >= 11 is 9.46. The zero-order chi connectivity index (χ0) is 19.3. The Kier molecular flexibility index (Phi) is 4.36. The molecule has 0 unspecified atom stereocenters. The Labute approximate surface area is 174 Å². The molecule has 0 N–H and O–H groups in total. The maximum atomic E-state index is 12.7. The monoisotopic (exact) mass is 457 g/mol. The van der Waals surface area contributed by atoms with Gasteiger partial charge in [-0.3, -0.25) is 4.79 Å². The van der Waals surface area contributed by atoms with E-state index in [-0.39, 0.29) is 5.56 Å². The lowest BCUT2D eigenvalue weighted by molar-refractivity contribution is 0.696. The van der Waals surface area contributed by atoms with Crippen molar-refractivity contribution in [2.24, 2.45) is 0 Å². The van der Waals surface area contributed by atoms with Crippen LogP contribution >= 0.6 is 27.5 Å². The first kappa shape index (κ1) is 17.7. The van der Waals surface area contributed by atoms with Crippen LogP contribution in [0.25, 0.3) is 16.7 Å². The van der Waals surface area contributed by atoms with E-state index in [4.69, 9.17) is 16.7 Å². The van der Waals surface area contributed by atoms with Gasteiger partial charge in [0, 0.05) is 22.6 Å². The van der Waals surface area contributed by atoms with Gasteiger partial charge in [0.15, 0.2) is 0 Å². The molecule has 28 heavy (non-hydrogen) atoms. The van der Waals surface area contributed by atoms with E-state index in [0.29, 0.717) is 22.7 Å². The van der Waals surface area contributed by atoms with Gasteiger partial charge in [0.25, 0.3) is 5.56 Å². The third-order valence-electron chi connectivity index (χ3n) is 5.11. The fourth-order valence-corrected chi connectivity index (χ4v) is 4.23. The molecule has 8 heteroatoms. The molecule has 3 heterocycles. The fourth-order valence-electron chi connectivity index (χ4n) is 3.74. The number of rotatable bonds is 3. The summed E-state index contributed by atoms with van der Waals surface area (Å²) in [5.74, 6) is 1.39. The van der Waals surface area contributed by atoms with Crippen molar-refractivity contribution in [2.45, 2.75) is 19.4 Å². The lowest BCUT2D eigenvalue weighted by Crippen LogP contribution is -2.21. The lowest BCUT2D eigenvalue weighted by atomic mass is 10.2. The lowest BCUT2D eigenvalue weighted by Gasteiger charge is -2.15. The van der Waals surface area contributed by atoms with Crippen molar-refractivity contribution in [3.05, 3.63) is 67.9 Å². The first-order valence-electron chi connectivity index (χ1n) is 9.18. The molecule has 0 bridgehead atoms. The normalized spacial score (nSPS) is 14.4. The van der Waals surface area contributed by atoms with Gasteiger partial charge in [-0.25, -0.2) is 9.08 Å². The molecular formula is C20H17BrClN5O. The number of halogens is 2. The van der Waals surface area contributed by atoms with Crippen molar-refractivity contribution in [3.63, 3.8) is 0 Å². The Morgan fingerprint density at radius 2 is 1.82 bits per heavy atom. The molecule has 1 aliphatic rings. The van der Waals surface area contributed by atoms with E-state index >= 15 is 0 Å². The van der Waals surface area contributed by atoms with Gasteiger partial charge in [-0.05, 0) is 48.7 Å². The Bertz CT molecular complexity index is 1240. The molecule has 0 radical (unpaired) electrons. The molecule has 0 saturated carbocycles. The second kappa shape index (κ2) is 6.90. The van der Waals surface area contributed by atoms with E-state index in [2.05, 4.69) is 25.8 Å². The molecule has 0 spiro atoms. The van der Waals surface area contributed by atoms with Gasteiger partial charge in [-0.15, -0.1) is 5.10 Å². The minimum Gasteiger partial charge on any atom is -0.341 e. The van der Waals surface area contributed by atoms with E-state index < -0.39 is 0 Å². The van der Waals surface area contributed by atoms with Crippen LogP contribution in [0, 0.1) is 0 Å². The van der Waals surface area contributed by atoms with Crippen molar-refractivity contribution in [1.29, 1.82) is 0 Å². The minimum absolute atomic E-state index is 0.249. The molecule has 1 fully saturated rings. The summed E-state index contributed by atoms with van der Waals surface area (Å²) in [7, 11) is 0. The average Bonchev–Trinajstić information content (AvgIpc) is 3.32. The van der Waals surface area contributed by atoms with E-state index in [0.717, 1.165) is 47.4 Å². The zero-order valence-electron chi connectivity index (χ0n) is 15.0. The highest BCUT2D eigenvalue weighted by Gasteiger charge is 2.22. The van der Waals surface area contributed by atoms with Crippen LogP contribution in [0.2, 0.25) is 5.02 Å². The predicted molar refractivity (Wildman–Crippen MR) is 114 cm³/mol. The van der Waals surface area contributed by atoms with Crippen molar-refractivity contribution in [3.8, 4) is 0 Å². The largest absolute Gasteiger partial charge is 0.341 e. The number of fused-ring (bicyclic) bond motifs is 3. The van der Waals surface area contributed by atoms with E-state index in [1.807, 2.05) is 46.9 Å². The summed E-state index contributed by atoms with van der Waals surface area (Å²) in [6, 6.07) is 13.4. The van der Waals surface area contributed by atoms with Gasteiger partial charge in [-0.1, -0.05) is 39.7 Å². The zero-order valence-corrected chi connectivity index (χ0v) is 17.3. The fraction of sp³-hybridized carbons (Fsp3) is 0.250. The standard InChI is InChI=1S/C20H17BrClN5O/c21-14-5-8-17-16(11-14)18(28)23-19-26(12-13-3-6-15(22)7-4-13)24-20(27(17)19)25-9-1-2-10-25/h3-8,11H,1-2,9-10,12H2. The summed E-state index contributed by atoms with van der Waals surface area (Å²) in [5, 5.41) is 6.14. The molecule has 6 nitrogen and oxygen atoms in total. The Hall–Kier alpha value is -2.38. The second-order valence-electron chi connectivity index (χ2n) is 6.99. The number of hydrogen-bond acceptors (Lipinski definition) is 4. The number of hydrogen-bond donors (Lipinski definition) is 0. The van der Waals surface area contributed by atoms with E-state index in [1.54, 1.807) is 4.68 Å². The molecule has 0 aliphatic carbocycles. The maximum Gasteiger partial charge on any atom is 0.282 e. The highest BCUT2D eigenvalue weighted by molar-refractivity contribution is 9.10. The first-order chi connectivity index (χ1) is 13.6. The van der Waals surface area contributed by atoms with Gasteiger partial charge in [0.2, 0.25) is 11.7 Å². The molecule has 142 valence electrons. The molecule has 1 aliphatic heterocycles. The Morgan fingerprint density at radius 3 is 2.57 bits per heavy atom. The SMILES string of the molecule is O=c1nc2n(Cc3ccc(Cl)cc3)nc(N3CCCC3)n2c2ccc(Br)cc12. The number of benzene rings is 2. The van der Waals surface area contributed by atoms with Gasteiger partial charge in [0.05, 0.1) is 17.4 Å². The van der Waals surface area contributed by atoms with Crippen molar-refractivity contribution >= 4 is 50.2 Å². The van der Waals surface area contributed by atoms with Crippen molar-refractivity contribution < 1.29 is 0 Å². The molecule has 0 amide bonds. The third-order valence-corrected chi connectivity index (χ3v) is 5.85. The quantitative estimate of drug-likeness (QED) is 0.464. The number of aromatic nitrogens is 4. The van der Waals surface area contributed by atoms with Crippen LogP contribution in [-0.4, -0.2) is 32.3 Å². The van der Waals surface area contributed by atoms with Crippen LogP contribution < -0.4 is 10.5 Å². The average molecular weight is 459 g/mol. The smallest absolute Gasteiger partial charge is 0.282 e. The second-order valence-corrected chi connectivity index (χ2v) is 8.34. The van der Waals surface area contributed by atoms with Crippen LogP contribution in [0.5, 0.6) is 0 Å². The van der Waals surface area contributed by atoms with Gasteiger partial charge in [0.1, 0.15) is 0 Å². The van der Waals surface area contributed by atoms with Crippen LogP contribution in [0.3, 0.4) is 0 Å². The molecule has 5 rings (SSSR count). The van der Waals surface area contributed by atoms with Gasteiger partial charge in [-0.2, -0.15) is 4.98 Å². The van der Waals surface area contributed by atoms with Crippen molar-refractivity contribution in [1.82, 2.24) is 19.2 Å². The Balaban J connectivity index is 1.76. The van der Waals surface area contributed by atoms with Gasteiger partial charge < -0.3 is 4.90 Å². The summed E-state index contributed by atoms with van der Waals surface area (Å²) in [6.07, 6.45) is 2.28. The number of anilines is 1. The molecule has 1 saturated heterocycles. The maximum absolute atomic E-state index is 12.7. The summed E-state index contributed by atoms with van der Waals surface area (Å²) in [4.78, 5) is 19.4. The third kappa shape index (κ3) is 2.99. The van der Waals surface area contributed by atoms with E-state index in [1.165, 1.54) is 0 Å². The highest BCUT2D eigenvalue weighted by atomic mass is 79.9. The van der Waals surface area contributed by atoms with Gasteiger partial charge >= 0.3 is 0 Å². The molecule has 2 aromatic heterocycles. The van der Waals surface area contributed by atoms with Crippen LogP contribution in [0.15, 0.2) is 51.7 Å². The topological polar surface area (TPSA) is 55.4 Å². The van der Waals surface area contributed by atoms with Crippen LogP contribution in [0.1, 0.15) is 18.4 Å². The van der Waals surface area contributed by atoms with Crippen LogP contribution in [-0.2, 0) is 6.54 Å². The predicted octanol–water partition coefficient (Wildman–Crippen LogP) is 4.11. The van der Waals surface area contributed by atoms with Crippen molar-refractivity contribution in [2.75, 3.05) is 18.0 Å². The molecular weight excluding hydrogens is 442 g/mol. The first-order valence-corrected chi connectivity index (χ1v) is 10.4. The summed E-state index contributed by atoms with van der Waals surface area (Å²) in [5.41, 5.74) is 1.62. The molecule has 4 aromatic rings. The number of nitrogens with zero attached hydrogens (tertiary/aromatic N) is 5. The highest BCUT2D eigenvalue weighted by Crippen LogP contribution is 2.25. The molecule has 2 aromatic carbocycles.